The first-order valence-electron chi connectivity index (χ1n) is 12.5. The van der Waals surface area contributed by atoms with Crippen LogP contribution in [0.4, 0.5) is 5.00 Å². The zero-order valence-electron chi connectivity index (χ0n) is 21.7. The topological polar surface area (TPSA) is 68.3 Å². The molecule has 1 aliphatic carbocycles. The Bertz CT molecular complexity index is 1570. The molecule has 8 heteroatoms. The summed E-state index contributed by atoms with van der Waals surface area (Å²) in [5, 5.41) is 5.14. The van der Waals surface area contributed by atoms with Crippen LogP contribution in [0.2, 0.25) is 10.0 Å². The average molecular weight is 568 g/mol. The van der Waals surface area contributed by atoms with Crippen molar-refractivity contribution in [3.8, 4) is 11.3 Å². The molecule has 38 heavy (non-hydrogen) atoms. The first kappa shape index (κ1) is 26.7. The van der Waals surface area contributed by atoms with Gasteiger partial charge in [-0.15, -0.1) is 11.3 Å². The van der Waals surface area contributed by atoms with E-state index >= 15 is 0 Å². The maximum atomic E-state index is 13.8. The molecule has 2 heterocycles. The SMILES string of the molecule is COC(=O)c1c(NC(=O)c2cc(-c3ccc(Cl)c(Cl)c3)nc3ccccc23)sc2c1CC[C@@H](C(C)(C)C)C2. The molecule has 2 aromatic heterocycles. The molecule has 1 N–H and O–H groups in total. The predicted octanol–water partition coefficient (Wildman–Crippen LogP) is 8.46. The van der Waals surface area contributed by atoms with Crippen LogP contribution < -0.4 is 5.32 Å². The van der Waals surface area contributed by atoms with Crippen LogP contribution in [0.5, 0.6) is 0 Å². The standard InChI is InChI=1S/C30H28Cl2N2O3S/c1-30(2,3)17-10-11-19-25(14-17)38-28(26(19)29(36)37-4)34-27(35)20-15-24(16-9-12-21(31)22(32)13-16)33-23-8-6-5-7-18(20)23/h5-9,12-13,15,17H,10-11,14H2,1-4H3,(H,34,35)/t17-/m1/s1. The molecule has 0 bridgehead atoms. The van der Waals surface area contributed by atoms with Crippen molar-refractivity contribution < 1.29 is 14.3 Å². The number of hydrogen-bond donors (Lipinski definition) is 1. The molecule has 1 atom stereocenters. The van der Waals surface area contributed by atoms with Crippen LogP contribution in [-0.2, 0) is 17.6 Å². The summed E-state index contributed by atoms with van der Waals surface area (Å²) < 4.78 is 5.13. The van der Waals surface area contributed by atoms with E-state index in [4.69, 9.17) is 32.9 Å². The number of ether oxygens (including phenoxy) is 1. The summed E-state index contributed by atoms with van der Waals surface area (Å²) in [4.78, 5) is 32.6. The number of benzene rings is 2. The molecular formula is C30H28Cl2N2O3S. The number of nitrogens with zero attached hydrogens (tertiary/aromatic N) is 1. The second kappa shape index (κ2) is 10.3. The lowest BCUT2D eigenvalue weighted by molar-refractivity contribution is 0.0600. The van der Waals surface area contributed by atoms with Gasteiger partial charge in [-0.05, 0) is 60.4 Å². The number of aromatic nitrogens is 1. The van der Waals surface area contributed by atoms with Gasteiger partial charge in [0.2, 0.25) is 0 Å². The van der Waals surface area contributed by atoms with Crippen molar-refractivity contribution in [1.82, 2.24) is 4.98 Å². The minimum atomic E-state index is -0.428. The first-order chi connectivity index (χ1) is 18.1. The van der Waals surface area contributed by atoms with Crippen LogP contribution in [0.1, 0.15) is 58.3 Å². The van der Waals surface area contributed by atoms with Crippen LogP contribution in [0.15, 0.2) is 48.5 Å². The van der Waals surface area contributed by atoms with E-state index in [9.17, 15) is 9.59 Å². The summed E-state index contributed by atoms with van der Waals surface area (Å²) in [6.07, 6.45) is 2.66. The maximum Gasteiger partial charge on any atom is 0.341 e. The van der Waals surface area contributed by atoms with Gasteiger partial charge in [-0.2, -0.15) is 0 Å². The minimum Gasteiger partial charge on any atom is -0.465 e. The zero-order chi connectivity index (χ0) is 27.2. The molecule has 196 valence electrons. The number of thiophene rings is 1. The minimum absolute atomic E-state index is 0.160. The van der Waals surface area contributed by atoms with Gasteiger partial charge in [-0.3, -0.25) is 4.79 Å². The Morgan fingerprint density at radius 2 is 1.84 bits per heavy atom. The van der Waals surface area contributed by atoms with E-state index in [0.717, 1.165) is 35.3 Å². The number of para-hydroxylation sites is 1. The van der Waals surface area contributed by atoms with Crippen molar-refractivity contribution in [3.63, 3.8) is 0 Å². The highest BCUT2D eigenvalue weighted by Crippen LogP contribution is 2.44. The normalized spacial score (nSPS) is 15.3. The van der Waals surface area contributed by atoms with E-state index in [2.05, 4.69) is 26.1 Å². The third-order valence-corrected chi connectivity index (χ3v) is 9.19. The number of pyridine rings is 1. The highest BCUT2D eigenvalue weighted by atomic mass is 35.5. The Morgan fingerprint density at radius 3 is 2.55 bits per heavy atom. The Balaban J connectivity index is 1.57. The lowest BCUT2D eigenvalue weighted by atomic mass is 9.72. The second-order valence-corrected chi connectivity index (χ2v) is 12.6. The molecule has 0 spiro atoms. The third-order valence-electron chi connectivity index (χ3n) is 7.28. The van der Waals surface area contributed by atoms with Crippen molar-refractivity contribution >= 4 is 62.3 Å². The van der Waals surface area contributed by atoms with Gasteiger partial charge < -0.3 is 10.1 Å². The van der Waals surface area contributed by atoms with Gasteiger partial charge in [0, 0.05) is 15.8 Å². The largest absolute Gasteiger partial charge is 0.465 e. The van der Waals surface area contributed by atoms with Crippen LogP contribution in [0, 0.1) is 11.3 Å². The summed E-state index contributed by atoms with van der Waals surface area (Å²) in [5.41, 5.74) is 4.09. The highest BCUT2D eigenvalue weighted by molar-refractivity contribution is 7.17. The number of carbonyl (C=O) groups is 2. The number of fused-ring (bicyclic) bond motifs is 2. The molecule has 1 aliphatic rings. The quantitative estimate of drug-likeness (QED) is 0.251. The molecule has 5 rings (SSSR count). The van der Waals surface area contributed by atoms with Crippen molar-refractivity contribution in [2.45, 2.75) is 40.0 Å². The fourth-order valence-electron chi connectivity index (χ4n) is 5.07. The van der Waals surface area contributed by atoms with Gasteiger partial charge >= 0.3 is 5.97 Å². The van der Waals surface area contributed by atoms with E-state index in [1.807, 2.05) is 30.3 Å². The van der Waals surface area contributed by atoms with E-state index in [1.165, 1.54) is 18.4 Å². The maximum absolute atomic E-state index is 13.8. The Hall–Kier alpha value is -2.93. The molecule has 0 unspecified atom stereocenters. The lowest BCUT2D eigenvalue weighted by Crippen LogP contribution is -2.26. The summed E-state index contributed by atoms with van der Waals surface area (Å²) in [5.74, 6) is -0.246. The van der Waals surface area contributed by atoms with Gasteiger partial charge in [-0.25, -0.2) is 9.78 Å². The van der Waals surface area contributed by atoms with E-state index < -0.39 is 5.97 Å². The molecule has 5 nitrogen and oxygen atoms in total. The van der Waals surface area contributed by atoms with Crippen molar-refractivity contribution in [2.75, 3.05) is 12.4 Å². The summed E-state index contributed by atoms with van der Waals surface area (Å²) >= 11 is 13.8. The number of hydrogen-bond acceptors (Lipinski definition) is 5. The molecule has 1 amide bonds. The number of carbonyl (C=O) groups excluding carboxylic acids is 2. The van der Waals surface area contributed by atoms with Crippen LogP contribution in [0.3, 0.4) is 0 Å². The number of esters is 1. The van der Waals surface area contributed by atoms with Gasteiger partial charge in [0.05, 0.1) is 39.5 Å². The number of halogens is 2. The number of nitrogens with one attached hydrogen (secondary N) is 1. The molecule has 0 saturated heterocycles. The fraction of sp³-hybridized carbons (Fsp3) is 0.300. The average Bonchev–Trinajstić information content (AvgIpc) is 3.25. The number of amides is 1. The molecule has 0 radical (unpaired) electrons. The number of methoxy groups -OCH3 is 1. The van der Waals surface area contributed by atoms with Gasteiger partial charge in [0.25, 0.3) is 5.91 Å². The molecule has 0 saturated carbocycles. The first-order valence-corrected chi connectivity index (χ1v) is 14.0. The molecule has 2 aromatic carbocycles. The van der Waals surface area contributed by atoms with Crippen LogP contribution in [-0.4, -0.2) is 24.0 Å². The van der Waals surface area contributed by atoms with Gasteiger partial charge in [-0.1, -0.05) is 68.2 Å². The third kappa shape index (κ3) is 5.05. The van der Waals surface area contributed by atoms with E-state index in [-0.39, 0.29) is 11.3 Å². The predicted molar refractivity (Wildman–Crippen MR) is 156 cm³/mol. The van der Waals surface area contributed by atoms with Crippen LogP contribution in [0.25, 0.3) is 22.2 Å². The fourth-order valence-corrected chi connectivity index (χ4v) is 6.68. The highest BCUT2D eigenvalue weighted by Gasteiger charge is 2.34. The zero-order valence-corrected chi connectivity index (χ0v) is 24.0. The van der Waals surface area contributed by atoms with Gasteiger partial charge in [0.1, 0.15) is 5.00 Å². The number of rotatable bonds is 4. The molecule has 0 aliphatic heterocycles. The monoisotopic (exact) mass is 566 g/mol. The second-order valence-electron chi connectivity index (χ2n) is 10.7. The summed E-state index contributed by atoms with van der Waals surface area (Å²) in [7, 11) is 1.37. The Labute approximate surface area is 236 Å². The van der Waals surface area contributed by atoms with E-state index in [0.29, 0.717) is 48.7 Å². The summed E-state index contributed by atoms with van der Waals surface area (Å²) in [6.45, 7) is 6.75. The molecule has 0 fully saturated rings. The van der Waals surface area contributed by atoms with Crippen LogP contribution >= 0.6 is 34.5 Å². The summed E-state index contributed by atoms with van der Waals surface area (Å²) in [6, 6.07) is 14.5. The van der Waals surface area contributed by atoms with E-state index in [1.54, 1.807) is 18.2 Å². The van der Waals surface area contributed by atoms with Crippen molar-refractivity contribution in [3.05, 3.63) is 80.1 Å². The smallest absolute Gasteiger partial charge is 0.341 e. The van der Waals surface area contributed by atoms with Crippen molar-refractivity contribution in [2.24, 2.45) is 11.3 Å². The Kier molecular flexibility index (Phi) is 7.25. The lowest BCUT2D eigenvalue weighted by Gasteiger charge is -2.33. The molecular weight excluding hydrogens is 539 g/mol. The Morgan fingerprint density at radius 1 is 1.08 bits per heavy atom. The number of anilines is 1. The molecule has 4 aromatic rings. The van der Waals surface area contributed by atoms with Gasteiger partial charge in [0.15, 0.2) is 0 Å². The van der Waals surface area contributed by atoms with Crippen molar-refractivity contribution in [1.29, 1.82) is 0 Å².